The number of carbonyl (C=O) groups excluding carboxylic acids is 1. The van der Waals surface area contributed by atoms with Crippen LogP contribution in [0.5, 0.6) is 0 Å². The third-order valence-corrected chi connectivity index (χ3v) is 5.79. The zero-order chi connectivity index (χ0) is 16.9. The molecular formula is C18H25NO3S. The highest BCUT2D eigenvalue weighted by atomic mass is 32.2. The first-order valence-electron chi connectivity index (χ1n) is 8.17. The van der Waals surface area contributed by atoms with E-state index in [9.17, 15) is 9.59 Å². The van der Waals surface area contributed by atoms with E-state index in [0.29, 0.717) is 6.54 Å². The quantitative estimate of drug-likeness (QED) is 0.798. The van der Waals surface area contributed by atoms with Crippen molar-refractivity contribution in [3.05, 3.63) is 29.8 Å². The lowest BCUT2D eigenvalue weighted by Crippen LogP contribution is -2.44. The first kappa shape index (κ1) is 17.9. The third-order valence-electron chi connectivity index (χ3n) is 4.29. The molecule has 0 saturated heterocycles. The lowest BCUT2D eigenvalue weighted by atomic mass is 10.0. The summed E-state index contributed by atoms with van der Waals surface area (Å²) in [5.41, 5.74) is 1.21. The summed E-state index contributed by atoms with van der Waals surface area (Å²) in [6.45, 7) is 4.32. The van der Waals surface area contributed by atoms with Crippen molar-refractivity contribution in [3.8, 4) is 0 Å². The van der Waals surface area contributed by atoms with Gasteiger partial charge in [-0.3, -0.25) is 9.59 Å². The van der Waals surface area contributed by atoms with Gasteiger partial charge in [0, 0.05) is 17.9 Å². The Hall–Kier alpha value is -1.49. The van der Waals surface area contributed by atoms with E-state index in [1.54, 1.807) is 11.8 Å². The summed E-state index contributed by atoms with van der Waals surface area (Å²) in [6.07, 6.45) is 3.97. The molecule has 1 saturated carbocycles. The molecule has 0 spiro atoms. The number of carbonyl (C=O) groups is 2. The zero-order valence-electron chi connectivity index (χ0n) is 13.8. The number of amides is 1. The smallest absolute Gasteiger partial charge is 0.303 e. The van der Waals surface area contributed by atoms with Crippen LogP contribution in [-0.4, -0.2) is 28.3 Å². The van der Waals surface area contributed by atoms with Gasteiger partial charge in [0.05, 0.1) is 4.75 Å². The Labute approximate surface area is 142 Å². The van der Waals surface area contributed by atoms with Crippen molar-refractivity contribution in [3.63, 3.8) is 0 Å². The second-order valence-electron chi connectivity index (χ2n) is 6.53. The van der Waals surface area contributed by atoms with Crippen molar-refractivity contribution in [1.82, 2.24) is 5.32 Å². The number of benzene rings is 1. The molecule has 1 unspecified atom stereocenters. The molecule has 1 aromatic rings. The number of rotatable bonds is 7. The maximum Gasteiger partial charge on any atom is 0.303 e. The minimum atomic E-state index is -0.823. The van der Waals surface area contributed by atoms with Crippen LogP contribution in [0, 0.1) is 12.8 Å². The minimum Gasteiger partial charge on any atom is -0.481 e. The molecule has 1 atom stereocenters. The molecule has 1 fully saturated rings. The Morgan fingerprint density at radius 1 is 1.26 bits per heavy atom. The fourth-order valence-electron chi connectivity index (χ4n) is 2.95. The second kappa shape index (κ2) is 7.86. The molecule has 1 amide bonds. The number of aliphatic carboxylic acids is 1. The highest BCUT2D eigenvalue weighted by Crippen LogP contribution is 2.45. The molecular weight excluding hydrogens is 310 g/mol. The summed E-state index contributed by atoms with van der Waals surface area (Å²) >= 11 is 1.65. The van der Waals surface area contributed by atoms with Crippen LogP contribution in [-0.2, 0) is 9.59 Å². The van der Waals surface area contributed by atoms with Crippen LogP contribution in [0.4, 0.5) is 0 Å². The Kier molecular flexibility index (Phi) is 6.10. The van der Waals surface area contributed by atoms with Crippen molar-refractivity contribution >= 4 is 23.6 Å². The summed E-state index contributed by atoms with van der Waals surface area (Å²) in [7, 11) is 0. The van der Waals surface area contributed by atoms with Gasteiger partial charge in [-0.25, -0.2) is 0 Å². The van der Waals surface area contributed by atoms with Crippen molar-refractivity contribution in [2.45, 2.75) is 55.6 Å². The predicted octanol–water partition coefficient (Wildman–Crippen LogP) is 3.63. The molecule has 0 bridgehead atoms. The van der Waals surface area contributed by atoms with Gasteiger partial charge in [0.25, 0.3) is 0 Å². The van der Waals surface area contributed by atoms with Gasteiger partial charge in [0.15, 0.2) is 0 Å². The van der Waals surface area contributed by atoms with E-state index >= 15 is 0 Å². The van der Waals surface area contributed by atoms with Gasteiger partial charge in [-0.05, 0) is 37.8 Å². The molecule has 4 nitrogen and oxygen atoms in total. The number of carboxylic acid groups (broad SMARTS) is 1. The molecule has 23 heavy (non-hydrogen) atoms. The highest BCUT2D eigenvalue weighted by Gasteiger charge is 2.42. The van der Waals surface area contributed by atoms with Crippen LogP contribution < -0.4 is 5.32 Å². The van der Waals surface area contributed by atoms with Gasteiger partial charge in [-0.15, -0.1) is 11.8 Å². The molecule has 0 heterocycles. The van der Waals surface area contributed by atoms with Crippen LogP contribution in [0.15, 0.2) is 29.2 Å². The highest BCUT2D eigenvalue weighted by molar-refractivity contribution is 8.01. The lowest BCUT2D eigenvalue weighted by Gasteiger charge is -2.28. The number of aryl methyl sites for hydroxylation is 1. The largest absolute Gasteiger partial charge is 0.481 e. The number of hydrogen-bond acceptors (Lipinski definition) is 3. The summed E-state index contributed by atoms with van der Waals surface area (Å²) in [5.74, 6) is -0.826. The van der Waals surface area contributed by atoms with E-state index in [1.165, 1.54) is 5.56 Å². The third kappa shape index (κ3) is 4.99. The Morgan fingerprint density at radius 2 is 1.87 bits per heavy atom. The summed E-state index contributed by atoms with van der Waals surface area (Å²) in [5, 5.41) is 11.8. The Bertz CT molecular complexity index is 550. The lowest BCUT2D eigenvalue weighted by molar-refractivity contribution is -0.138. The predicted molar refractivity (Wildman–Crippen MR) is 92.7 cm³/mol. The van der Waals surface area contributed by atoms with E-state index in [0.717, 1.165) is 30.6 Å². The molecule has 2 N–H and O–H groups in total. The van der Waals surface area contributed by atoms with E-state index in [1.807, 2.05) is 6.92 Å². The van der Waals surface area contributed by atoms with Gasteiger partial charge in [-0.2, -0.15) is 0 Å². The van der Waals surface area contributed by atoms with E-state index in [2.05, 4.69) is 36.5 Å². The van der Waals surface area contributed by atoms with Crippen LogP contribution in [0.2, 0.25) is 0 Å². The summed E-state index contributed by atoms with van der Waals surface area (Å²) in [4.78, 5) is 24.6. The van der Waals surface area contributed by atoms with Crippen molar-refractivity contribution in [2.75, 3.05) is 6.54 Å². The monoisotopic (exact) mass is 335 g/mol. The topological polar surface area (TPSA) is 66.4 Å². The average Bonchev–Trinajstić information content (AvgIpc) is 2.96. The molecule has 0 aliphatic heterocycles. The molecule has 1 aromatic carbocycles. The molecule has 2 rings (SSSR count). The van der Waals surface area contributed by atoms with Crippen LogP contribution in [0.3, 0.4) is 0 Å². The fourth-order valence-corrected chi connectivity index (χ4v) is 4.33. The normalized spacial score (nSPS) is 17.7. The molecule has 5 heteroatoms. The minimum absolute atomic E-state index is 0.0535. The molecule has 126 valence electrons. The maximum atomic E-state index is 12.7. The Balaban J connectivity index is 2.00. The zero-order valence-corrected chi connectivity index (χ0v) is 14.6. The summed E-state index contributed by atoms with van der Waals surface area (Å²) in [6, 6.07) is 8.27. The molecule has 0 radical (unpaired) electrons. The van der Waals surface area contributed by atoms with E-state index in [4.69, 9.17) is 5.11 Å². The molecule has 1 aliphatic carbocycles. The van der Waals surface area contributed by atoms with Gasteiger partial charge in [0.2, 0.25) is 5.91 Å². The van der Waals surface area contributed by atoms with Crippen LogP contribution in [0.25, 0.3) is 0 Å². The number of hydrogen-bond donors (Lipinski definition) is 2. The van der Waals surface area contributed by atoms with Gasteiger partial charge in [0.1, 0.15) is 0 Å². The van der Waals surface area contributed by atoms with E-state index in [-0.39, 0.29) is 18.2 Å². The standard InChI is InChI=1S/C18H25NO3S/c1-13-5-7-15(8-6-13)23-18(9-3-4-10-18)17(22)19-12-14(2)11-16(20)21/h5-8,14H,3-4,9-12H2,1-2H3,(H,19,22)(H,20,21). The summed E-state index contributed by atoms with van der Waals surface area (Å²) < 4.78 is -0.405. The van der Waals surface area contributed by atoms with Gasteiger partial charge < -0.3 is 10.4 Å². The van der Waals surface area contributed by atoms with Crippen molar-refractivity contribution in [2.24, 2.45) is 5.92 Å². The van der Waals surface area contributed by atoms with Gasteiger partial charge >= 0.3 is 5.97 Å². The van der Waals surface area contributed by atoms with Crippen LogP contribution in [0.1, 0.15) is 44.6 Å². The Morgan fingerprint density at radius 3 is 2.43 bits per heavy atom. The van der Waals surface area contributed by atoms with E-state index < -0.39 is 10.7 Å². The maximum absolute atomic E-state index is 12.7. The first-order valence-corrected chi connectivity index (χ1v) is 8.99. The van der Waals surface area contributed by atoms with Crippen molar-refractivity contribution < 1.29 is 14.7 Å². The fraction of sp³-hybridized carbons (Fsp3) is 0.556. The SMILES string of the molecule is Cc1ccc(SC2(C(=O)NCC(C)CC(=O)O)CCCC2)cc1. The molecule has 1 aliphatic rings. The van der Waals surface area contributed by atoms with Crippen molar-refractivity contribution in [1.29, 1.82) is 0 Å². The first-order chi connectivity index (χ1) is 10.9. The number of carboxylic acids is 1. The second-order valence-corrected chi connectivity index (χ2v) is 7.99. The van der Waals surface area contributed by atoms with Gasteiger partial charge in [-0.1, -0.05) is 37.5 Å². The number of nitrogens with one attached hydrogen (secondary N) is 1. The number of thioether (sulfide) groups is 1. The van der Waals surface area contributed by atoms with Crippen LogP contribution >= 0.6 is 11.8 Å². The molecule has 0 aromatic heterocycles. The average molecular weight is 335 g/mol.